The largest absolute Gasteiger partial charge is 0.478 e. The summed E-state index contributed by atoms with van der Waals surface area (Å²) in [5.41, 5.74) is 0.927. The number of carbonyl (C=O) groups is 1. The van der Waals surface area contributed by atoms with Crippen molar-refractivity contribution in [1.29, 1.82) is 0 Å². The first-order chi connectivity index (χ1) is 7.25. The lowest BCUT2D eigenvalue weighted by Gasteiger charge is -2.03. The second-order valence-corrected chi connectivity index (χ2v) is 2.95. The molecule has 5 nitrogen and oxygen atoms in total. The molecular weight excluding hydrogens is 194 g/mol. The third-order valence-electron chi connectivity index (χ3n) is 1.87. The zero-order chi connectivity index (χ0) is 10.7. The number of H-pyrrole nitrogens is 1. The lowest BCUT2D eigenvalue weighted by Crippen LogP contribution is -1.98. The van der Waals surface area contributed by atoms with Gasteiger partial charge in [-0.1, -0.05) is 6.07 Å². The average Bonchev–Trinajstić information content (AvgIpc) is 2.71. The van der Waals surface area contributed by atoms with E-state index in [1.807, 2.05) is 0 Å². The van der Waals surface area contributed by atoms with E-state index in [2.05, 4.69) is 15.3 Å². The number of nitrogens with one attached hydrogen (secondary N) is 2. The van der Waals surface area contributed by atoms with Crippen LogP contribution in [0.1, 0.15) is 10.4 Å². The van der Waals surface area contributed by atoms with Gasteiger partial charge in [0.2, 0.25) is 5.95 Å². The Labute approximate surface area is 85.8 Å². The Hall–Kier alpha value is -2.30. The Kier molecular flexibility index (Phi) is 2.37. The van der Waals surface area contributed by atoms with Crippen molar-refractivity contribution in [2.75, 3.05) is 5.32 Å². The van der Waals surface area contributed by atoms with E-state index in [0.29, 0.717) is 11.6 Å². The number of hydrogen-bond donors (Lipinski definition) is 3. The third-order valence-corrected chi connectivity index (χ3v) is 1.87. The molecule has 1 aromatic carbocycles. The van der Waals surface area contributed by atoms with Crippen LogP contribution in [0, 0.1) is 0 Å². The van der Waals surface area contributed by atoms with Crippen LogP contribution >= 0.6 is 0 Å². The molecule has 15 heavy (non-hydrogen) atoms. The van der Waals surface area contributed by atoms with Crippen LogP contribution in [0.25, 0.3) is 0 Å². The van der Waals surface area contributed by atoms with Crippen molar-refractivity contribution in [3.8, 4) is 0 Å². The van der Waals surface area contributed by atoms with Crippen LogP contribution in [0.15, 0.2) is 36.7 Å². The van der Waals surface area contributed by atoms with E-state index in [1.54, 1.807) is 30.6 Å². The Morgan fingerprint density at radius 1 is 1.47 bits per heavy atom. The van der Waals surface area contributed by atoms with Crippen LogP contribution in [-0.4, -0.2) is 21.0 Å². The van der Waals surface area contributed by atoms with Crippen molar-refractivity contribution in [3.05, 3.63) is 42.2 Å². The van der Waals surface area contributed by atoms with E-state index in [0.717, 1.165) is 0 Å². The van der Waals surface area contributed by atoms with Gasteiger partial charge in [-0.3, -0.25) is 0 Å². The molecule has 0 aliphatic carbocycles. The topological polar surface area (TPSA) is 78.0 Å². The molecule has 2 aromatic rings. The first kappa shape index (κ1) is 9.26. The van der Waals surface area contributed by atoms with Gasteiger partial charge in [0.05, 0.1) is 5.56 Å². The molecule has 0 aliphatic heterocycles. The molecule has 0 unspecified atom stereocenters. The fourth-order valence-corrected chi connectivity index (χ4v) is 1.20. The molecule has 0 spiro atoms. The molecule has 0 saturated carbocycles. The summed E-state index contributed by atoms with van der Waals surface area (Å²) in [5, 5.41) is 11.7. The summed E-state index contributed by atoms with van der Waals surface area (Å²) in [4.78, 5) is 17.5. The molecule has 2 rings (SSSR count). The monoisotopic (exact) mass is 203 g/mol. The number of imidazole rings is 1. The summed E-state index contributed by atoms with van der Waals surface area (Å²) in [6, 6.07) is 6.53. The summed E-state index contributed by atoms with van der Waals surface area (Å²) in [6.07, 6.45) is 3.30. The van der Waals surface area contributed by atoms with Crippen LogP contribution in [-0.2, 0) is 0 Å². The standard InChI is InChI=1S/C10H9N3O2/c14-9(15)7-2-1-3-8(6-7)13-10-11-4-5-12-10/h1-6H,(H,14,15)(H2,11,12,13). The average molecular weight is 203 g/mol. The van der Waals surface area contributed by atoms with Crippen molar-refractivity contribution in [2.24, 2.45) is 0 Å². The molecule has 0 aliphatic rings. The first-order valence-electron chi connectivity index (χ1n) is 4.35. The van der Waals surface area contributed by atoms with Crippen molar-refractivity contribution in [1.82, 2.24) is 9.97 Å². The molecule has 0 atom stereocenters. The van der Waals surface area contributed by atoms with Crippen LogP contribution in [0.2, 0.25) is 0 Å². The minimum Gasteiger partial charge on any atom is -0.478 e. The van der Waals surface area contributed by atoms with E-state index < -0.39 is 5.97 Å². The quantitative estimate of drug-likeness (QED) is 0.711. The maximum atomic E-state index is 10.7. The number of aromatic carboxylic acids is 1. The Balaban J connectivity index is 2.22. The molecule has 0 fully saturated rings. The number of nitrogens with zero attached hydrogens (tertiary/aromatic N) is 1. The van der Waals surface area contributed by atoms with Crippen LogP contribution < -0.4 is 5.32 Å². The number of carboxylic acid groups (broad SMARTS) is 1. The van der Waals surface area contributed by atoms with Crippen molar-refractivity contribution >= 4 is 17.6 Å². The van der Waals surface area contributed by atoms with E-state index in [1.165, 1.54) is 6.07 Å². The van der Waals surface area contributed by atoms with Gasteiger partial charge in [-0.2, -0.15) is 0 Å². The second-order valence-electron chi connectivity index (χ2n) is 2.95. The fourth-order valence-electron chi connectivity index (χ4n) is 1.20. The highest BCUT2D eigenvalue weighted by Gasteiger charge is 2.03. The Bertz CT molecular complexity index is 465. The molecule has 0 saturated heterocycles. The van der Waals surface area contributed by atoms with E-state index in [9.17, 15) is 4.79 Å². The minimum atomic E-state index is -0.946. The smallest absolute Gasteiger partial charge is 0.335 e. The lowest BCUT2D eigenvalue weighted by atomic mass is 10.2. The van der Waals surface area contributed by atoms with Gasteiger partial charge in [0.1, 0.15) is 0 Å². The molecule has 0 bridgehead atoms. The molecule has 5 heteroatoms. The number of aromatic amines is 1. The Morgan fingerprint density at radius 3 is 3.00 bits per heavy atom. The lowest BCUT2D eigenvalue weighted by molar-refractivity contribution is 0.0697. The number of anilines is 2. The molecule has 0 amide bonds. The van der Waals surface area contributed by atoms with E-state index >= 15 is 0 Å². The normalized spacial score (nSPS) is 9.87. The zero-order valence-electron chi connectivity index (χ0n) is 7.77. The van der Waals surface area contributed by atoms with Gasteiger partial charge >= 0.3 is 5.97 Å². The zero-order valence-corrected chi connectivity index (χ0v) is 7.77. The first-order valence-corrected chi connectivity index (χ1v) is 4.35. The summed E-state index contributed by atoms with van der Waals surface area (Å²) in [6.45, 7) is 0. The van der Waals surface area contributed by atoms with E-state index in [4.69, 9.17) is 5.11 Å². The van der Waals surface area contributed by atoms with Crippen LogP contribution in [0.3, 0.4) is 0 Å². The maximum Gasteiger partial charge on any atom is 0.335 e. The van der Waals surface area contributed by atoms with Gasteiger partial charge in [0.15, 0.2) is 0 Å². The highest BCUT2D eigenvalue weighted by molar-refractivity contribution is 5.88. The summed E-state index contributed by atoms with van der Waals surface area (Å²) in [7, 11) is 0. The number of carboxylic acids is 1. The van der Waals surface area contributed by atoms with Crippen molar-refractivity contribution < 1.29 is 9.90 Å². The van der Waals surface area contributed by atoms with Gasteiger partial charge in [-0.05, 0) is 18.2 Å². The third kappa shape index (κ3) is 2.14. The molecule has 76 valence electrons. The van der Waals surface area contributed by atoms with Crippen molar-refractivity contribution in [3.63, 3.8) is 0 Å². The SMILES string of the molecule is O=C(O)c1cccc(Nc2ncc[nH]2)c1. The number of rotatable bonds is 3. The Morgan fingerprint density at radius 2 is 2.33 bits per heavy atom. The van der Waals surface area contributed by atoms with Gasteiger partial charge in [-0.15, -0.1) is 0 Å². The van der Waals surface area contributed by atoms with Crippen LogP contribution in [0.4, 0.5) is 11.6 Å². The van der Waals surface area contributed by atoms with Crippen LogP contribution in [0.5, 0.6) is 0 Å². The fraction of sp³-hybridized carbons (Fsp3) is 0. The second kappa shape index (κ2) is 3.83. The summed E-state index contributed by atoms with van der Waals surface area (Å²) >= 11 is 0. The highest BCUT2D eigenvalue weighted by atomic mass is 16.4. The van der Waals surface area contributed by atoms with Gasteiger partial charge in [-0.25, -0.2) is 9.78 Å². The predicted molar refractivity (Wildman–Crippen MR) is 55.3 cm³/mol. The number of hydrogen-bond acceptors (Lipinski definition) is 3. The summed E-state index contributed by atoms with van der Waals surface area (Å²) in [5.74, 6) is -0.365. The van der Waals surface area contributed by atoms with Gasteiger partial charge in [0.25, 0.3) is 0 Å². The molecule has 3 N–H and O–H groups in total. The van der Waals surface area contributed by atoms with E-state index in [-0.39, 0.29) is 5.56 Å². The number of aromatic nitrogens is 2. The molecule has 1 aromatic heterocycles. The minimum absolute atomic E-state index is 0.242. The molecule has 0 radical (unpaired) electrons. The molecule has 1 heterocycles. The predicted octanol–water partition coefficient (Wildman–Crippen LogP) is 1.85. The highest BCUT2D eigenvalue weighted by Crippen LogP contribution is 2.14. The van der Waals surface area contributed by atoms with Crippen molar-refractivity contribution in [2.45, 2.75) is 0 Å². The number of benzene rings is 1. The maximum absolute atomic E-state index is 10.7. The molecular formula is C10H9N3O2. The van der Waals surface area contributed by atoms with Gasteiger partial charge < -0.3 is 15.4 Å². The van der Waals surface area contributed by atoms with Gasteiger partial charge in [0, 0.05) is 18.1 Å². The summed E-state index contributed by atoms with van der Waals surface area (Å²) < 4.78 is 0.